The Balaban J connectivity index is 1.47. The fourth-order valence-corrected chi connectivity index (χ4v) is 3.93. The van der Waals surface area contributed by atoms with E-state index in [1.54, 1.807) is 24.3 Å². The predicted octanol–water partition coefficient (Wildman–Crippen LogP) is 1.98. The number of aromatic carboxylic acids is 1. The van der Waals surface area contributed by atoms with Crippen LogP contribution >= 0.6 is 0 Å². The number of para-hydroxylation sites is 1. The van der Waals surface area contributed by atoms with Gasteiger partial charge in [0, 0.05) is 26.2 Å². The van der Waals surface area contributed by atoms with Gasteiger partial charge in [0.25, 0.3) is 5.91 Å². The number of imide groups is 1. The molecule has 150 valence electrons. The molecule has 0 aliphatic carbocycles. The number of hydrogen-bond acceptors (Lipinski definition) is 5. The number of nitrogens with zero attached hydrogens (tertiary/aromatic N) is 3. The summed E-state index contributed by atoms with van der Waals surface area (Å²) >= 11 is 0. The molecular formula is C21H20FN3O4. The maximum absolute atomic E-state index is 14.0. The Morgan fingerprint density at radius 1 is 1.00 bits per heavy atom. The number of carbonyl (C=O) groups excluding carboxylic acids is 2. The molecule has 2 amide bonds. The van der Waals surface area contributed by atoms with Gasteiger partial charge in [-0.2, -0.15) is 0 Å². The van der Waals surface area contributed by atoms with Gasteiger partial charge in [-0.1, -0.05) is 18.2 Å². The summed E-state index contributed by atoms with van der Waals surface area (Å²) in [5.41, 5.74) is 0.825. The Bertz CT molecular complexity index is 972. The first-order chi connectivity index (χ1) is 14.0. The minimum atomic E-state index is -1.12. The van der Waals surface area contributed by atoms with E-state index in [0.29, 0.717) is 31.9 Å². The molecule has 2 aromatic rings. The predicted molar refractivity (Wildman–Crippen MR) is 104 cm³/mol. The van der Waals surface area contributed by atoms with Crippen LogP contribution in [-0.2, 0) is 9.59 Å². The second-order valence-electron chi connectivity index (χ2n) is 7.12. The van der Waals surface area contributed by atoms with Crippen molar-refractivity contribution in [3.8, 4) is 0 Å². The van der Waals surface area contributed by atoms with Crippen LogP contribution in [0.25, 0.3) is 0 Å². The highest BCUT2D eigenvalue weighted by atomic mass is 19.1. The van der Waals surface area contributed by atoms with Crippen molar-refractivity contribution in [2.24, 2.45) is 0 Å². The lowest BCUT2D eigenvalue weighted by Gasteiger charge is -2.38. The SMILES string of the molecule is O=C(O)c1cccc(N2C(=O)C[C@H](N3CCN(c4ccccc4F)CC3)C2=O)c1. The molecule has 0 unspecified atom stereocenters. The molecule has 1 N–H and O–H groups in total. The number of piperazine rings is 1. The number of amides is 2. The van der Waals surface area contributed by atoms with Crippen LogP contribution in [-0.4, -0.2) is 60.0 Å². The van der Waals surface area contributed by atoms with Gasteiger partial charge >= 0.3 is 5.97 Å². The second-order valence-corrected chi connectivity index (χ2v) is 7.12. The number of carboxylic acid groups (broad SMARTS) is 1. The van der Waals surface area contributed by atoms with E-state index >= 15 is 0 Å². The lowest BCUT2D eigenvalue weighted by molar-refractivity contribution is -0.123. The van der Waals surface area contributed by atoms with E-state index in [1.807, 2.05) is 9.80 Å². The first-order valence-corrected chi connectivity index (χ1v) is 9.39. The third-order valence-electron chi connectivity index (χ3n) is 5.42. The van der Waals surface area contributed by atoms with Crippen molar-refractivity contribution in [1.29, 1.82) is 0 Å². The van der Waals surface area contributed by atoms with Crippen molar-refractivity contribution < 1.29 is 23.9 Å². The van der Waals surface area contributed by atoms with Gasteiger partial charge in [0.1, 0.15) is 5.82 Å². The van der Waals surface area contributed by atoms with E-state index in [1.165, 1.54) is 24.3 Å². The van der Waals surface area contributed by atoms with Gasteiger partial charge in [0.15, 0.2) is 0 Å². The van der Waals surface area contributed by atoms with Gasteiger partial charge in [-0.3, -0.25) is 14.5 Å². The lowest BCUT2D eigenvalue weighted by Crippen LogP contribution is -2.52. The van der Waals surface area contributed by atoms with E-state index in [4.69, 9.17) is 5.11 Å². The first-order valence-electron chi connectivity index (χ1n) is 9.39. The summed E-state index contributed by atoms with van der Waals surface area (Å²) in [4.78, 5) is 41.6. The quantitative estimate of drug-likeness (QED) is 0.795. The van der Waals surface area contributed by atoms with Crippen molar-refractivity contribution in [1.82, 2.24) is 4.90 Å². The molecule has 0 bridgehead atoms. The molecule has 2 aromatic carbocycles. The third-order valence-corrected chi connectivity index (χ3v) is 5.42. The summed E-state index contributed by atoms with van der Waals surface area (Å²) in [5.74, 6) is -2.10. The molecule has 0 aromatic heterocycles. The zero-order valence-electron chi connectivity index (χ0n) is 15.6. The minimum absolute atomic E-state index is 0.0186. The second kappa shape index (κ2) is 7.63. The summed E-state index contributed by atoms with van der Waals surface area (Å²) in [6, 6.07) is 11.8. The molecule has 2 aliphatic rings. The van der Waals surface area contributed by atoms with Crippen molar-refractivity contribution in [2.75, 3.05) is 36.0 Å². The van der Waals surface area contributed by atoms with E-state index in [9.17, 15) is 18.8 Å². The molecule has 0 radical (unpaired) electrons. The Morgan fingerprint density at radius 2 is 1.72 bits per heavy atom. The topological polar surface area (TPSA) is 81.2 Å². The van der Waals surface area contributed by atoms with Crippen LogP contribution in [0.4, 0.5) is 15.8 Å². The maximum atomic E-state index is 14.0. The summed E-state index contributed by atoms with van der Waals surface area (Å²) in [6.07, 6.45) is 0.0514. The monoisotopic (exact) mass is 397 g/mol. The van der Waals surface area contributed by atoms with E-state index in [0.717, 1.165) is 4.90 Å². The van der Waals surface area contributed by atoms with Gasteiger partial charge < -0.3 is 10.0 Å². The molecule has 0 saturated carbocycles. The zero-order chi connectivity index (χ0) is 20.5. The number of benzene rings is 2. The van der Waals surface area contributed by atoms with Crippen molar-refractivity contribution in [3.63, 3.8) is 0 Å². The molecule has 2 heterocycles. The zero-order valence-corrected chi connectivity index (χ0v) is 15.6. The average Bonchev–Trinajstić information content (AvgIpc) is 3.02. The minimum Gasteiger partial charge on any atom is -0.478 e. The summed E-state index contributed by atoms with van der Waals surface area (Å²) in [6.45, 7) is 2.16. The molecule has 2 saturated heterocycles. The molecule has 0 spiro atoms. The Morgan fingerprint density at radius 3 is 2.41 bits per heavy atom. The van der Waals surface area contributed by atoms with Gasteiger partial charge in [-0.15, -0.1) is 0 Å². The van der Waals surface area contributed by atoms with E-state index in [2.05, 4.69) is 0 Å². The van der Waals surface area contributed by atoms with E-state index < -0.39 is 12.0 Å². The molecular weight excluding hydrogens is 377 g/mol. The summed E-state index contributed by atoms with van der Waals surface area (Å²) < 4.78 is 14.0. The molecule has 4 rings (SSSR count). The normalized spacial score (nSPS) is 20.4. The Kier molecular flexibility index (Phi) is 5.02. The van der Waals surface area contributed by atoms with Crippen molar-refractivity contribution in [2.45, 2.75) is 12.5 Å². The van der Waals surface area contributed by atoms with Crippen molar-refractivity contribution >= 4 is 29.2 Å². The number of rotatable bonds is 4. The highest BCUT2D eigenvalue weighted by Crippen LogP contribution is 2.28. The average molecular weight is 397 g/mol. The number of carbonyl (C=O) groups is 3. The maximum Gasteiger partial charge on any atom is 0.335 e. The molecule has 7 nitrogen and oxygen atoms in total. The highest BCUT2D eigenvalue weighted by Gasteiger charge is 2.43. The van der Waals surface area contributed by atoms with Gasteiger partial charge in [0.05, 0.1) is 29.4 Å². The first kappa shape index (κ1) is 19.1. The smallest absolute Gasteiger partial charge is 0.335 e. The molecule has 8 heteroatoms. The van der Waals surface area contributed by atoms with Crippen LogP contribution < -0.4 is 9.80 Å². The number of halogens is 1. The number of carboxylic acids is 1. The Labute approximate surface area is 166 Å². The molecule has 1 atom stereocenters. The fraction of sp³-hybridized carbons (Fsp3) is 0.286. The largest absolute Gasteiger partial charge is 0.478 e. The fourth-order valence-electron chi connectivity index (χ4n) is 3.93. The van der Waals surface area contributed by atoms with Gasteiger partial charge in [-0.05, 0) is 30.3 Å². The van der Waals surface area contributed by atoms with Gasteiger partial charge in [0.2, 0.25) is 5.91 Å². The van der Waals surface area contributed by atoms with Crippen LogP contribution in [0.2, 0.25) is 0 Å². The highest BCUT2D eigenvalue weighted by molar-refractivity contribution is 6.22. The van der Waals surface area contributed by atoms with Crippen molar-refractivity contribution in [3.05, 3.63) is 59.9 Å². The summed E-state index contributed by atoms with van der Waals surface area (Å²) in [7, 11) is 0. The number of hydrogen-bond donors (Lipinski definition) is 1. The number of anilines is 2. The van der Waals surface area contributed by atoms with Crippen LogP contribution in [0.1, 0.15) is 16.8 Å². The third kappa shape index (κ3) is 3.58. The van der Waals surface area contributed by atoms with Crippen LogP contribution in [0.15, 0.2) is 48.5 Å². The van der Waals surface area contributed by atoms with Crippen LogP contribution in [0, 0.1) is 5.82 Å². The molecule has 29 heavy (non-hydrogen) atoms. The summed E-state index contributed by atoms with van der Waals surface area (Å²) in [5, 5.41) is 9.15. The standard InChI is InChI=1S/C21H20FN3O4/c22-16-6-1-2-7-17(16)23-8-10-24(11-9-23)18-13-19(26)25(20(18)27)15-5-3-4-14(12-15)21(28)29/h1-7,12,18H,8-11,13H2,(H,28,29)/t18-/m0/s1. The van der Waals surface area contributed by atoms with Crippen LogP contribution in [0.5, 0.6) is 0 Å². The van der Waals surface area contributed by atoms with Crippen LogP contribution in [0.3, 0.4) is 0 Å². The van der Waals surface area contributed by atoms with E-state index in [-0.39, 0.29) is 35.3 Å². The molecule has 2 aliphatic heterocycles. The lowest BCUT2D eigenvalue weighted by atomic mass is 10.1. The molecule has 2 fully saturated rings. The van der Waals surface area contributed by atoms with Gasteiger partial charge in [-0.25, -0.2) is 14.1 Å². The Hall–Kier alpha value is -3.26.